The average molecular weight is 507 g/mol. The lowest BCUT2D eigenvalue weighted by Gasteiger charge is -2.17. The second-order valence-electron chi connectivity index (χ2n) is 9.47. The maximum atomic E-state index is 13.3. The summed E-state index contributed by atoms with van der Waals surface area (Å²) >= 11 is 0. The van der Waals surface area contributed by atoms with Crippen molar-refractivity contribution in [2.45, 2.75) is 45.1 Å². The van der Waals surface area contributed by atoms with Crippen LogP contribution < -0.4 is 19.5 Å². The standard InChI is InChI=1S/C28H30N2O5S/c1-3-14-36(32,33)29-17-20-5-7-21(8-6-20)24-16-23(10-4-19(24)2)30-27(31)28(12-13-28)22-9-11-25-26(15-22)35-18-34-25/h4-11,15-16,29H,3,12-14,17-18H2,1-2H3,(H,30,31). The Hall–Kier alpha value is -3.36. The van der Waals surface area contributed by atoms with Crippen molar-refractivity contribution in [1.29, 1.82) is 0 Å². The van der Waals surface area contributed by atoms with Gasteiger partial charge in [0.15, 0.2) is 11.5 Å². The average Bonchev–Trinajstić information content (AvgIpc) is 3.55. The number of carbonyl (C=O) groups is 1. The van der Waals surface area contributed by atoms with Crippen LogP contribution in [0.3, 0.4) is 0 Å². The molecule has 1 amide bonds. The molecule has 3 aromatic rings. The van der Waals surface area contributed by atoms with Gasteiger partial charge < -0.3 is 14.8 Å². The first-order chi connectivity index (χ1) is 17.3. The van der Waals surface area contributed by atoms with Gasteiger partial charge in [-0.25, -0.2) is 13.1 Å². The van der Waals surface area contributed by atoms with E-state index < -0.39 is 15.4 Å². The van der Waals surface area contributed by atoms with Crippen LogP contribution in [-0.2, 0) is 26.8 Å². The lowest BCUT2D eigenvalue weighted by atomic mass is 9.94. The van der Waals surface area contributed by atoms with Gasteiger partial charge in [-0.3, -0.25) is 4.79 Å². The summed E-state index contributed by atoms with van der Waals surface area (Å²) in [7, 11) is -3.25. The Kier molecular flexibility index (Phi) is 6.49. The van der Waals surface area contributed by atoms with Gasteiger partial charge in [-0.15, -0.1) is 0 Å². The number of anilines is 1. The van der Waals surface area contributed by atoms with E-state index in [1.165, 1.54) is 0 Å². The monoisotopic (exact) mass is 506 g/mol. The van der Waals surface area contributed by atoms with Crippen molar-refractivity contribution in [2.24, 2.45) is 0 Å². The third-order valence-corrected chi connectivity index (χ3v) is 8.37. The highest BCUT2D eigenvalue weighted by Crippen LogP contribution is 2.51. The third kappa shape index (κ3) is 4.96. The Balaban J connectivity index is 1.30. The quantitative estimate of drug-likeness (QED) is 0.431. The van der Waals surface area contributed by atoms with E-state index in [0.29, 0.717) is 17.9 Å². The van der Waals surface area contributed by atoms with Gasteiger partial charge in [0.25, 0.3) is 0 Å². The van der Waals surface area contributed by atoms with Crippen LogP contribution in [0.2, 0.25) is 0 Å². The number of benzene rings is 3. The predicted molar refractivity (Wildman–Crippen MR) is 140 cm³/mol. The van der Waals surface area contributed by atoms with Crippen molar-refractivity contribution < 1.29 is 22.7 Å². The van der Waals surface area contributed by atoms with Crippen LogP contribution >= 0.6 is 0 Å². The number of rotatable bonds is 9. The molecule has 8 heteroatoms. The number of hydrogen-bond donors (Lipinski definition) is 2. The van der Waals surface area contributed by atoms with Crippen LogP contribution in [0.15, 0.2) is 60.7 Å². The number of amides is 1. The second kappa shape index (κ2) is 9.59. The van der Waals surface area contributed by atoms with E-state index in [4.69, 9.17) is 9.47 Å². The first kappa shape index (κ1) is 24.3. The summed E-state index contributed by atoms with van der Waals surface area (Å²) in [6.07, 6.45) is 2.17. The molecule has 0 bridgehead atoms. The molecule has 0 atom stereocenters. The maximum absolute atomic E-state index is 13.3. The first-order valence-electron chi connectivity index (χ1n) is 12.2. The lowest BCUT2D eigenvalue weighted by molar-refractivity contribution is -0.118. The minimum atomic E-state index is -3.25. The number of ether oxygens (including phenoxy) is 2. The molecule has 1 fully saturated rings. The summed E-state index contributed by atoms with van der Waals surface area (Å²) in [6.45, 7) is 4.34. The summed E-state index contributed by atoms with van der Waals surface area (Å²) in [6, 6.07) is 19.4. The molecule has 1 aliphatic heterocycles. The highest BCUT2D eigenvalue weighted by atomic mass is 32.2. The fourth-order valence-electron chi connectivity index (χ4n) is 4.56. The van der Waals surface area contributed by atoms with Crippen molar-refractivity contribution in [1.82, 2.24) is 4.72 Å². The fraction of sp³-hybridized carbons (Fsp3) is 0.321. The van der Waals surface area contributed by atoms with Gasteiger partial charge in [0, 0.05) is 12.2 Å². The Morgan fingerprint density at radius 3 is 2.44 bits per heavy atom. The predicted octanol–water partition coefficient (Wildman–Crippen LogP) is 4.89. The maximum Gasteiger partial charge on any atom is 0.235 e. The van der Waals surface area contributed by atoms with Gasteiger partial charge in [0.2, 0.25) is 22.7 Å². The van der Waals surface area contributed by atoms with Crippen molar-refractivity contribution in [3.63, 3.8) is 0 Å². The number of fused-ring (bicyclic) bond motifs is 1. The van der Waals surface area contributed by atoms with Crippen LogP contribution in [0.4, 0.5) is 5.69 Å². The SMILES string of the molecule is CCCS(=O)(=O)NCc1ccc(-c2cc(NC(=O)C3(c4ccc5c(c4)OCO5)CC3)ccc2C)cc1. The molecule has 3 aromatic carbocycles. The molecule has 36 heavy (non-hydrogen) atoms. The molecule has 0 unspecified atom stereocenters. The molecule has 0 radical (unpaired) electrons. The summed E-state index contributed by atoms with van der Waals surface area (Å²) in [4.78, 5) is 13.3. The van der Waals surface area contributed by atoms with E-state index in [0.717, 1.165) is 46.3 Å². The summed E-state index contributed by atoms with van der Waals surface area (Å²) in [5.74, 6) is 1.50. The molecule has 188 valence electrons. The van der Waals surface area contributed by atoms with Gasteiger partial charge >= 0.3 is 0 Å². The van der Waals surface area contributed by atoms with E-state index in [1.54, 1.807) is 0 Å². The van der Waals surface area contributed by atoms with Crippen LogP contribution in [0.1, 0.15) is 42.9 Å². The fourth-order valence-corrected chi connectivity index (χ4v) is 5.63. The van der Waals surface area contributed by atoms with Gasteiger partial charge in [0.05, 0.1) is 11.2 Å². The molecule has 2 aliphatic rings. The second-order valence-corrected chi connectivity index (χ2v) is 11.4. The molecular formula is C28H30N2O5S. The van der Waals surface area contributed by atoms with Crippen molar-refractivity contribution in [2.75, 3.05) is 17.9 Å². The van der Waals surface area contributed by atoms with Gasteiger partial charge in [-0.05, 0) is 78.3 Å². The van der Waals surface area contributed by atoms with Crippen LogP contribution in [-0.4, -0.2) is 26.9 Å². The van der Waals surface area contributed by atoms with Crippen LogP contribution in [0, 0.1) is 6.92 Å². The Labute approximate surface area is 211 Å². The highest BCUT2D eigenvalue weighted by Gasteiger charge is 2.51. The zero-order valence-electron chi connectivity index (χ0n) is 20.5. The molecule has 1 saturated carbocycles. The third-order valence-electron chi connectivity index (χ3n) is 6.84. The van der Waals surface area contributed by atoms with Crippen molar-refractivity contribution in [3.8, 4) is 22.6 Å². The topological polar surface area (TPSA) is 93.7 Å². The van der Waals surface area contributed by atoms with E-state index in [1.807, 2.05) is 74.5 Å². The first-order valence-corrected chi connectivity index (χ1v) is 13.8. The molecule has 0 saturated heterocycles. The normalized spacial score (nSPS) is 15.5. The molecule has 5 rings (SSSR count). The Bertz CT molecular complexity index is 1400. The zero-order valence-corrected chi connectivity index (χ0v) is 21.3. The molecule has 0 spiro atoms. The Morgan fingerprint density at radius 1 is 0.972 bits per heavy atom. The van der Waals surface area contributed by atoms with E-state index >= 15 is 0 Å². The molecule has 2 N–H and O–H groups in total. The number of carbonyl (C=O) groups excluding carboxylic acids is 1. The molecule has 1 heterocycles. The largest absolute Gasteiger partial charge is 0.454 e. The number of hydrogen-bond acceptors (Lipinski definition) is 5. The molecule has 0 aromatic heterocycles. The number of sulfonamides is 1. The van der Waals surface area contributed by atoms with Gasteiger partial charge in [-0.2, -0.15) is 0 Å². The smallest absolute Gasteiger partial charge is 0.235 e. The summed E-state index contributed by atoms with van der Waals surface area (Å²) < 4.78 is 37.4. The van der Waals surface area contributed by atoms with Crippen molar-refractivity contribution in [3.05, 3.63) is 77.4 Å². The van der Waals surface area contributed by atoms with E-state index in [-0.39, 0.29) is 25.0 Å². The summed E-state index contributed by atoms with van der Waals surface area (Å²) in [5.41, 5.74) is 5.13. The van der Waals surface area contributed by atoms with E-state index in [9.17, 15) is 13.2 Å². The minimum absolute atomic E-state index is 0.0223. The highest BCUT2D eigenvalue weighted by molar-refractivity contribution is 7.89. The lowest BCUT2D eigenvalue weighted by Crippen LogP contribution is -2.27. The Morgan fingerprint density at radius 2 is 1.72 bits per heavy atom. The van der Waals surface area contributed by atoms with Crippen molar-refractivity contribution >= 4 is 21.6 Å². The summed E-state index contributed by atoms with van der Waals surface area (Å²) in [5, 5.41) is 3.12. The molecule has 1 aliphatic carbocycles. The number of aryl methyl sites for hydroxylation is 1. The molecular weight excluding hydrogens is 476 g/mol. The van der Waals surface area contributed by atoms with Crippen LogP contribution in [0.5, 0.6) is 11.5 Å². The number of nitrogens with one attached hydrogen (secondary N) is 2. The van der Waals surface area contributed by atoms with E-state index in [2.05, 4.69) is 10.0 Å². The van der Waals surface area contributed by atoms with Gasteiger partial charge in [-0.1, -0.05) is 43.3 Å². The zero-order chi connectivity index (χ0) is 25.3. The molecule has 7 nitrogen and oxygen atoms in total. The minimum Gasteiger partial charge on any atom is -0.454 e. The van der Waals surface area contributed by atoms with Gasteiger partial charge in [0.1, 0.15) is 0 Å². The van der Waals surface area contributed by atoms with Crippen LogP contribution in [0.25, 0.3) is 11.1 Å².